The van der Waals surface area contributed by atoms with Gasteiger partial charge in [0.15, 0.2) is 0 Å². The van der Waals surface area contributed by atoms with E-state index in [1.807, 2.05) is 90.7 Å². The molecule has 1 aliphatic heterocycles. The normalized spacial score (nSPS) is 16.0. The average molecular weight is 329 g/mol. The molecule has 4 rings (SSSR count). The Bertz CT molecular complexity index is 887. The lowest BCUT2D eigenvalue weighted by molar-refractivity contribution is 0.0957. The van der Waals surface area contributed by atoms with E-state index in [2.05, 4.69) is 0 Å². The Labute approximate surface area is 147 Å². The smallest absolute Gasteiger partial charge is 0.259 e. The maximum Gasteiger partial charge on any atom is 0.259 e. The van der Waals surface area contributed by atoms with Crippen LogP contribution in [0.1, 0.15) is 27.5 Å². The summed E-state index contributed by atoms with van der Waals surface area (Å²) in [5.74, 6) is 0.736. The van der Waals surface area contributed by atoms with E-state index >= 15 is 0 Å². The maximum absolute atomic E-state index is 13.3. The number of para-hydroxylation sites is 2. The second-order valence-electron chi connectivity index (χ2n) is 6.25. The number of carbonyl (C=O) groups is 1. The van der Waals surface area contributed by atoms with Gasteiger partial charge in [-0.3, -0.25) is 9.69 Å². The number of aryl methyl sites for hydroxylation is 1. The highest BCUT2D eigenvalue weighted by atomic mass is 16.5. The molecule has 0 aliphatic carbocycles. The zero-order valence-corrected chi connectivity index (χ0v) is 14.1. The van der Waals surface area contributed by atoms with Crippen molar-refractivity contribution in [2.45, 2.75) is 13.0 Å². The van der Waals surface area contributed by atoms with Gasteiger partial charge in [0.1, 0.15) is 12.4 Å². The molecule has 0 aromatic heterocycles. The van der Waals surface area contributed by atoms with Crippen LogP contribution in [0.2, 0.25) is 0 Å². The van der Waals surface area contributed by atoms with Crippen LogP contribution < -0.4 is 9.64 Å². The summed E-state index contributed by atoms with van der Waals surface area (Å²) in [5.41, 5.74) is 3.70. The van der Waals surface area contributed by atoms with E-state index in [0.29, 0.717) is 12.2 Å². The van der Waals surface area contributed by atoms with E-state index in [1.165, 1.54) is 0 Å². The average Bonchev–Trinajstić information content (AvgIpc) is 2.68. The molecule has 1 atom stereocenters. The van der Waals surface area contributed by atoms with E-state index in [1.54, 1.807) is 0 Å². The van der Waals surface area contributed by atoms with Gasteiger partial charge in [-0.1, -0.05) is 60.2 Å². The van der Waals surface area contributed by atoms with Crippen LogP contribution in [0.3, 0.4) is 0 Å². The van der Waals surface area contributed by atoms with Crippen molar-refractivity contribution in [3.63, 3.8) is 0 Å². The van der Waals surface area contributed by atoms with Gasteiger partial charge in [-0.05, 0) is 36.8 Å². The molecule has 0 spiro atoms. The van der Waals surface area contributed by atoms with Gasteiger partial charge in [0, 0.05) is 5.56 Å². The molecule has 1 heterocycles. The van der Waals surface area contributed by atoms with Crippen molar-refractivity contribution in [3.8, 4) is 5.75 Å². The van der Waals surface area contributed by atoms with Crippen molar-refractivity contribution >= 4 is 11.6 Å². The second-order valence-corrected chi connectivity index (χ2v) is 6.25. The van der Waals surface area contributed by atoms with Crippen LogP contribution in [-0.2, 0) is 0 Å². The first kappa shape index (κ1) is 15.5. The summed E-state index contributed by atoms with van der Waals surface area (Å²) in [7, 11) is 0. The first-order valence-electron chi connectivity index (χ1n) is 8.41. The summed E-state index contributed by atoms with van der Waals surface area (Å²) in [5, 5.41) is 0. The number of benzene rings is 3. The zero-order chi connectivity index (χ0) is 17.2. The molecule has 3 heteroatoms. The third kappa shape index (κ3) is 2.89. The number of hydrogen-bond acceptors (Lipinski definition) is 2. The van der Waals surface area contributed by atoms with Crippen LogP contribution in [0.5, 0.6) is 5.75 Å². The standard InChI is InChI=1S/C22H19NO2/c1-16-11-13-18(14-12-16)22(24)23-19-9-5-6-10-21(19)25-15-20(23)17-7-3-2-4-8-17/h2-14,20H,15H2,1H3/t20-/m1/s1. The van der Waals surface area contributed by atoms with Crippen molar-refractivity contribution in [3.05, 3.63) is 95.6 Å². The third-order valence-corrected chi connectivity index (χ3v) is 4.53. The number of anilines is 1. The largest absolute Gasteiger partial charge is 0.489 e. The molecule has 0 N–H and O–H groups in total. The lowest BCUT2D eigenvalue weighted by atomic mass is 10.0. The van der Waals surface area contributed by atoms with Gasteiger partial charge in [0.2, 0.25) is 0 Å². The van der Waals surface area contributed by atoms with Gasteiger partial charge in [0.05, 0.1) is 11.7 Å². The predicted octanol–water partition coefficient (Wildman–Crippen LogP) is 4.78. The molecule has 3 aromatic rings. The highest BCUT2D eigenvalue weighted by Gasteiger charge is 2.33. The van der Waals surface area contributed by atoms with Gasteiger partial charge < -0.3 is 4.74 Å². The molecule has 3 aromatic carbocycles. The molecule has 25 heavy (non-hydrogen) atoms. The molecule has 0 saturated heterocycles. The molecule has 0 saturated carbocycles. The molecule has 124 valence electrons. The molecule has 0 fully saturated rings. The molecule has 1 amide bonds. The molecule has 0 radical (unpaired) electrons. The summed E-state index contributed by atoms with van der Waals surface area (Å²) in [4.78, 5) is 15.2. The number of hydrogen-bond donors (Lipinski definition) is 0. The van der Waals surface area contributed by atoms with Gasteiger partial charge in [-0.2, -0.15) is 0 Å². The van der Waals surface area contributed by atoms with Crippen LogP contribution in [0.4, 0.5) is 5.69 Å². The van der Waals surface area contributed by atoms with Gasteiger partial charge in [-0.15, -0.1) is 0 Å². The zero-order valence-electron chi connectivity index (χ0n) is 14.1. The highest BCUT2D eigenvalue weighted by molar-refractivity contribution is 6.07. The second kappa shape index (κ2) is 6.44. The van der Waals surface area contributed by atoms with Crippen molar-refractivity contribution < 1.29 is 9.53 Å². The number of amides is 1. The molecule has 3 nitrogen and oxygen atoms in total. The maximum atomic E-state index is 13.3. The minimum Gasteiger partial charge on any atom is -0.489 e. The minimum atomic E-state index is -0.148. The van der Waals surface area contributed by atoms with E-state index in [0.717, 1.165) is 22.6 Å². The van der Waals surface area contributed by atoms with Gasteiger partial charge in [-0.25, -0.2) is 0 Å². The molecule has 1 aliphatic rings. The summed E-state index contributed by atoms with van der Waals surface area (Å²) in [6.07, 6.45) is 0. The Hall–Kier alpha value is -3.07. The first-order chi connectivity index (χ1) is 12.2. The van der Waals surface area contributed by atoms with E-state index in [-0.39, 0.29) is 11.9 Å². The van der Waals surface area contributed by atoms with Crippen LogP contribution >= 0.6 is 0 Å². The highest BCUT2D eigenvalue weighted by Crippen LogP contribution is 2.40. The Balaban J connectivity index is 1.81. The number of fused-ring (bicyclic) bond motifs is 1. The Morgan fingerprint density at radius 3 is 2.36 bits per heavy atom. The number of ether oxygens (including phenoxy) is 1. The summed E-state index contributed by atoms with van der Waals surface area (Å²) in [6, 6.07) is 25.3. The number of nitrogens with zero attached hydrogens (tertiary/aromatic N) is 1. The summed E-state index contributed by atoms with van der Waals surface area (Å²) in [6.45, 7) is 2.46. The first-order valence-corrected chi connectivity index (χ1v) is 8.41. The van der Waals surface area contributed by atoms with Crippen LogP contribution in [-0.4, -0.2) is 12.5 Å². The Kier molecular flexibility index (Phi) is 3.98. The fourth-order valence-electron chi connectivity index (χ4n) is 3.20. The molecule has 0 bridgehead atoms. The fourth-order valence-corrected chi connectivity index (χ4v) is 3.20. The van der Waals surface area contributed by atoms with E-state index < -0.39 is 0 Å². The molecular weight excluding hydrogens is 310 g/mol. The predicted molar refractivity (Wildman–Crippen MR) is 99.1 cm³/mol. The Morgan fingerprint density at radius 1 is 0.920 bits per heavy atom. The molecule has 0 unspecified atom stereocenters. The molecular formula is C22H19NO2. The van der Waals surface area contributed by atoms with Crippen LogP contribution in [0.15, 0.2) is 78.9 Å². The van der Waals surface area contributed by atoms with Gasteiger partial charge in [0.25, 0.3) is 5.91 Å². The topological polar surface area (TPSA) is 29.5 Å². The van der Waals surface area contributed by atoms with Gasteiger partial charge >= 0.3 is 0 Å². The van der Waals surface area contributed by atoms with Crippen molar-refractivity contribution in [1.82, 2.24) is 0 Å². The quantitative estimate of drug-likeness (QED) is 0.677. The summed E-state index contributed by atoms with van der Waals surface area (Å²) < 4.78 is 5.93. The van der Waals surface area contributed by atoms with Crippen molar-refractivity contribution in [2.75, 3.05) is 11.5 Å². The Morgan fingerprint density at radius 2 is 1.60 bits per heavy atom. The number of rotatable bonds is 2. The lowest BCUT2D eigenvalue weighted by Crippen LogP contribution is -2.41. The van der Waals surface area contributed by atoms with E-state index in [9.17, 15) is 4.79 Å². The lowest BCUT2D eigenvalue weighted by Gasteiger charge is -2.37. The van der Waals surface area contributed by atoms with Crippen molar-refractivity contribution in [1.29, 1.82) is 0 Å². The van der Waals surface area contributed by atoms with Crippen LogP contribution in [0, 0.1) is 6.92 Å². The van der Waals surface area contributed by atoms with Crippen LogP contribution in [0.25, 0.3) is 0 Å². The number of carbonyl (C=O) groups excluding carboxylic acids is 1. The fraction of sp³-hybridized carbons (Fsp3) is 0.136. The van der Waals surface area contributed by atoms with Crippen molar-refractivity contribution in [2.24, 2.45) is 0 Å². The SMILES string of the molecule is Cc1ccc(C(=O)N2c3ccccc3OC[C@@H]2c2ccccc2)cc1. The monoisotopic (exact) mass is 329 g/mol. The third-order valence-electron chi connectivity index (χ3n) is 4.53. The minimum absolute atomic E-state index is 0.00963. The van der Waals surface area contributed by atoms with E-state index in [4.69, 9.17) is 4.74 Å². The summed E-state index contributed by atoms with van der Waals surface area (Å²) >= 11 is 0.